The maximum atomic E-state index is 12.2. The summed E-state index contributed by atoms with van der Waals surface area (Å²) < 4.78 is 29.0. The number of rotatable bonds is 6. The molecular weight excluding hydrogens is 306 g/mol. The van der Waals surface area contributed by atoms with Crippen molar-refractivity contribution in [3.63, 3.8) is 0 Å². The fourth-order valence-corrected chi connectivity index (χ4v) is 2.73. The van der Waals surface area contributed by atoms with Gasteiger partial charge in [0.05, 0.1) is 11.5 Å². The van der Waals surface area contributed by atoms with Gasteiger partial charge in [-0.3, -0.25) is 0 Å². The minimum Gasteiger partial charge on any atom is -0.462 e. The van der Waals surface area contributed by atoms with E-state index in [2.05, 4.69) is 15.0 Å². The van der Waals surface area contributed by atoms with Crippen molar-refractivity contribution >= 4 is 16.0 Å². The number of benzene rings is 1. The molecule has 0 radical (unpaired) electrons. The van der Waals surface area contributed by atoms with E-state index >= 15 is 0 Å². The number of carbonyl (C=O) groups is 1. The zero-order valence-electron chi connectivity index (χ0n) is 12.5. The number of sulfonamides is 1. The smallest absolute Gasteiger partial charge is 0.350 e. The van der Waals surface area contributed by atoms with Crippen LogP contribution < -0.4 is 10.3 Å². The van der Waals surface area contributed by atoms with Crippen LogP contribution in [0.2, 0.25) is 0 Å². The van der Waals surface area contributed by atoms with Gasteiger partial charge in [-0.2, -0.15) is 5.26 Å². The Bertz CT molecular complexity index is 733. The molecule has 1 rings (SSSR count). The maximum absolute atomic E-state index is 12.2. The number of nitriles is 1. The van der Waals surface area contributed by atoms with Gasteiger partial charge in [-0.1, -0.05) is 12.1 Å². The van der Waals surface area contributed by atoms with Crippen LogP contribution in [-0.2, 0) is 19.6 Å². The Hall–Kier alpha value is -2.37. The summed E-state index contributed by atoms with van der Waals surface area (Å²) in [5.41, 5.74) is 3.27. The van der Waals surface area contributed by atoms with E-state index in [-0.39, 0.29) is 17.1 Å². The van der Waals surface area contributed by atoms with Crippen LogP contribution in [0.3, 0.4) is 0 Å². The third-order valence-corrected chi connectivity index (χ3v) is 4.06. The molecule has 1 aromatic carbocycles. The van der Waals surface area contributed by atoms with Gasteiger partial charge in [0, 0.05) is 6.20 Å². The molecule has 0 saturated heterocycles. The molecule has 0 atom stereocenters. The Balaban J connectivity index is 2.88. The summed E-state index contributed by atoms with van der Waals surface area (Å²) in [4.78, 5) is 13.6. The van der Waals surface area contributed by atoms with E-state index in [1.54, 1.807) is 39.0 Å². The van der Waals surface area contributed by atoms with Crippen molar-refractivity contribution in [1.29, 1.82) is 5.26 Å². The van der Waals surface area contributed by atoms with Gasteiger partial charge in [-0.05, 0) is 38.0 Å². The number of ether oxygens (including phenoxy) is 1. The molecule has 0 aliphatic rings. The van der Waals surface area contributed by atoms with Crippen LogP contribution in [0.5, 0.6) is 0 Å². The van der Waals surface area contributed by atoms with Gasteiger partial charge >= 0.3 is 5.97 Å². The minimum absolute atomic E-state index is 0.114. The van der Waals surface area contributed by atoms with Crippen LogP contribution >= 0.6 is 0 Å². The van der Waals surface area contributed by atoms with Crippen molar-refractivity contribution in [2.75, 3.05) is 6.61 Å². The Kier molecular flexibility index (Phi) is 6.10. The fraction of sp³-hybridized carbons (Fsp3) is 0.286. The van der Waals surface area contributed by atoms with Gasteiger partial charge in [0.25, 0.3) is 10.0 Å². The van der Waals surface area contributed by atoms with Gasteiger partial charge in [-0.25, -0.2) is 13.2 Å². The predicted molar refractivity (Wildman–Crippen MR) is 79.7 cm³/mol. The lowest BCUT2D eigenvalue weighted by atomic mass is 10.2. The lowest BCUT2D eigenvalue weighted by Crippen LogP contribution is -2.34. The maximum Gasteiger partial charge on any atom is 0.350 e. The third kappa shape index (κ3) is 4.58. The van der Waals surface area contributed by atoms with E-state index in [1.807, 2.05) is 0 Å². The Morgan fingerprint density at radius 3 is 2.68 bits per heavy atom. The van der Waals surface area contributed by atoms with E-state index in [9.17, 15) is 13.2 Å². The van der Waals surface area contributed by atoms with Crippen molar-refractivity contribution in [3.8, 4) is 6.07 Å². The predicted octanol–water partition coefficient (Wildman–Crippen LogP) is 1.06. The number of nitrogens with zero attached hydrogens (tertiary/aromatic N) is 1. The second kappa shape index (κ2) is 7.59. The topological polar surface area (TPSA) is 108 Å². The average Bonchev–Trinajstić information content (AvgIpc) is 2.46. The summed E-state index contributed by atoms with van der Waals surface area (Å²) in [5.74, 6) is -0.830. The molecule has 0 aromatic heterocycles. The highest BCUT2D eigenvalue weighted by Crippen LogP contribution is 2.15. The summed E-state index contributed by atoms with van der Waals surface area (Å²) in [7, 11) is -3.82. The van der Waals surface area contributed by atoms with Crippen molar-refractivity contribution in [2.45, 2.75) is 25.7 Å². The number of nitrogens with one attached hydrogen (secondary N) is 2. The van der Waals surface area contributed by atoms with Gasteiger partial charge in [0.15, 0.2) is 5.57 Å². The van der Waals surface area contributed by atoms with Crippen LogP contribution in [0.1, 0.15) is 18.1 Å². The Labute approximate surface area is 129 Å². The lowest BCUT2D eigenvalue weighted by Gasteiger charge is -2.10. The highest BCUT2D eigenvalue weighted by atomic mass is 32.2. The highest BCUT2D eigenvalue weighted by Gasteiger charge is 2.16. The van der Waals surface area contributed by atoms with E-state index in [1.165, 1.54) is 6.07 Å². The Morgan fingerprint density at radius 2 is 2.09 bits per heavy atom. The zero-order valence-corrected chi connectivity index (χ0v) is 13.3. The van der Waals surface area contributed by atoms with Crippen molar-refractivity contribution in [1.82, 2.24) is 10.3 Å². The van der Waals surface area contributed by atoms with Crippen LogP contribution in [0, 0.1) is 25.2 Å². The number of carbonyl (C=O) groups excluding carboxylic acids is 1. The molecule has 22 heavy (non-hydrogen) atoms. The molecule has 0 aliphatic carbocycles. The van der Waals surface area contributed by atoms with Crippen LogP contribution in [0.4, 0.5) is 0 Å². The molecule has 1 aromatic rings. The van der Waals surface area contributed by atoms with E-state index < -0.39 is 16.0 Å². The molecule has 8 heteroatoms. The number of esters is 1. The molecule has 0 saturated carbocycles. The first kappa shape index (κ1) is 17.7. The SMILES string of the molecule is CCOC(=O)/C(C#N)=C/NNS(=O)(=O)c1cc(C)ccc1C. The molecule has 0 bridgehead atoms. The van der Waals surface area contributed by atoms with Crippen LogP contribution in [-0.4, -0.2) is 21.0 Å². The summed E-state index contributed by atoms with van der Waals surface area (Å²) >= 11 is 0. The number of hydrazine groups is 1. The average molecular weight is 323 g/mol. The monoisotopic (exact) mass is 323 g/mol. The molecule has 0 heterocycles. The highest BCUT2D eigenvalue weighted by molar-refractivity contribution is 7.89. The first-order valence-electron chi connectivity index (χ1n) is 6.43. The minimum atomic E-state index is -3.82. The zero-order chi connectivity index (χ0) is 16.8. The largest absolute Gasteiger partial charge is 0.462 e. The summed E-state index contributed by atoms with van der Waals surface area (Å²) in [6.07, 6.45) is 0.945. The summed E-state index contributed by atoms with van der Waals surface area (Å²) in [5, 5.41) is 8.81. The summed E-state index contributed by atoms with van der Waals surface area (Å²) in [6.45, 7) is 5.17. The van der Waals surface area contributed by atoms with Gasteiger partial charge in [0.1, 0.15) is 6.07 Å². The number of aryl methyl sites for hydroxylation is 2. The molecule has 0 unspecified atom stereocenters. The quantitative estimate of drug-likeness (QED) is 0.351. The number of hydrogen-bond acceptors (Lipinski definition) is 6. The van der Waals surface area contributed by atoms with Crippen LogP contribution in [0.15, 0.2) is 34.9 Å². The van der Waals surface area contributed by atoms with Crippen molar-refractivity contribution in [2.24, 2.45) is 0 Å². The van der Waals surface area contributed by atoms with Crippen molar-refractivity contribution < 1.29 is 17.9 Å². The standard InChI is InChI=1S/C14H17N3O4S/c1-4-21-14(18)12(8-15)9-16-17-22(19,20)13-7-10(2)5-6-11(13)3/h5-7,9,16-17H,4H2,1-3H3/b12-9+. The van der Waals surface area contributed by atoms with E-state index in [0.29, 0.717) is 5.56 Å². The molecule has 0 aliphatic heterocycles. The number of hydrogen-bond donors (Lipinski definition) is 2. The molecule has 0 amide bonds. The molecular formula is C14H17N3O4S. The normalized spacial score (nSPS) is 11.6. The Morgan fingerprint density at radius 1 is 1.41 bits per heavy atom. The molecule has 7 nitrogen and oxygen atoms in total. The molecule has 2 N–H and O–H groups in total. The second-order valence-corrected chi connectivity index (χ2v) is 6.06. The summed E-state index contributed by atoms with van der Waals surface area (Å²) in [6, 6.07) is 6.65. The van der Waals surface area contributed by atoms with E-state index in [0.717, 1.165) is 11.8 Å². The fourth-order valence-electron chi connectivity index (χ4n) is 1.58. The molecule has 0 fully saturated rings. The second-order valence-electron chi connectivity index (χ2n) is 4.41. The van der Waals surface area contributed by atoms with Gasteiger partial charge in [-0.15, -0.1) is 4.83 Å². The first-order chi connectivity index (χ1) is 10.3. The van der Waals surface area contributed by atoms with E-state index in [4.69, 9.17) is 5.26 Å². The van der Waals surface area contributed by atoms with Gasteiger partial charge in [0.2, 0.25) is 0 Å². The third-order valence-electron chi connectivity index (χ3n) is 2.66. The van der Waals surface area contributed by atoms with Crippen molar-refractivity contribution in [3.05, 3.63) is 41.1 Å². The van der Waals surface area contributed by atoms with Crippen LogP contribution in [0.25, 0.3) is 0 Å². The molecule has 118 valence electrons. The van der Waals surface area contributed by atoms with Gasteiger partial charge < -0.3 is 10.2 Å². The first-order valence-corrected chi connectivity index (χ1v) is 7.92. The molecule has 0 spiro atoms. The lowest BCUT2D eigenvalue weighted by molar-refractivity contribution is -0.138.